The van der Waals surface area contributed by atoms with Crippen molar-refractivity contribution >= 4 is 40.2 Å². The van der Waals surface area contributed by atoms with Crippen molar-refractivity contribution in [3.63, 3.8) is 0 Å². The molecule has 5 heteroatoms. The van der Waals surface area contributed by atoms with Crippen molar-refractivity contribution in [2.45, 2.75) is 19.4 Å². The summed E-state index contributed by atoms with van der Waals surface area (Å²) in [5, 5.41) is 5.41. The highest BCUT2D eigenvalue weighted by Crippen LogP contribution is 2.31. The minimum absolute atomic E-state index is 0.0334. The van der Waals surface area contributed by atoms with Gasteiger partial charge in [0, 0.05) is 10.6 Å². The molecule has 0 aliphatic carbocycles. The zero-order valence-electron chi connectivity index (χ0n) is 9.71. The fraction of sp³-hybridized carbons (Fsp3) is 0.231. The van der Waals surface area contributed by atoms with Crippen LogP contribution in [0.1, 0.15) is 24.3 Å². The first kappa shape index (κ1) is 13.7. The van der Waals surface area contributed by atoms with Gasteiger partial charge in [-0.25, -0.2) is 4.39 Å². The zero-order chi connectivity index (χ0) is 13.1. The van der Waals surface area contributed by atoms with Crippen molar-refractivity contribution in [1.29, 1.82) is 0 Å². The monoisotopic (exact) mass is 303 g/mol. The van der Waals surface area contributed by atoms with Crippen LogP contribution >= 0.6 is 34.5 Å². The van der Waals surface area contributed by atoms with Crippen molar-refractivity contribution < 1.29 is 4.39 Å². The first-order valence-corrected chi connectivity index (χ1v) is 7.20. The second-order valence-corrected chi connectivity index (χ2v) is 5.67. The van der Waals surface area contributed by atoms with Gasteiger partial charge in [-0.1, -0.05) is 36.2 Å². The highest BCUT2D eigenvalue weighted by atomic mass is 35.5. The van der Waals surface area contributed by atoms with E-state index in [1.807, 2.05) is 11.4 Å². The summed E-state index contributed by atoms with van der Waals surface area (Å²) in [7, 11) is 0. The van der Waals surface area contributed by atoms with Gasteiger partial charge in [-0.3, -0.25) is 0 Å². The van der Waals surface area contributed by atoms with Crippen LogP contribution < -0.4 is 5.32 Å². The second-order valence-electron chi connectivity index (χ2n) is 3.87. The summed E-state index contributed by atoms with van der Waals surface area (Å²) < 4.78 is 13.3. The number of hydrogen-bond acceptors (Lipinski definition) is 2. The molecule has 1 unspecified atom stereocenters. The third kappa shape index (κ3) is 2.97. The molecular formula is C13H12Cl2FNS. The number of halogens is 3. The highest BCUT2D eigenvalue weighted by molar-refractivity contribution is 7.10. The van der Waals surface area contributed by atoms with Crippen molar-refractivity contribution in [3.8, 4) is 0 Å². The van der Waals surface area contributed by atoms with Gasteiger partial charge >= 0.3 is 0 Å². The van der Waals surface area contributed by atoms with Gasteiger partial charge in [-0.2, -0.15) is 0 Å². The largest absolute Gasteiger partial charge is 0.377 e. The minimum atomic E-state index is -0.576. The van der Waals surface area contributed by atoms with Gasteiger partial charge in [0.15, 0.2) is 5.82 Å². The van der Waals surface area contributed by atoms with Crippen LogP contribution in [0.4, 0.5) is 10.1 Å². The average molecular weight is 304 g/mol. The van der Waals surface area contributed by atoms with Gasteiger partial charge < -0.3 is 5.32 Å². The summed E-state index contributed by atoms with van der Waals surface area (Å²) in [6, 6.07) is 7.37. The number of benzene rings is 1. The van der Waals surface area contributed by atoms with E-state index in [-0.39, 0.29) is 16.1 Å². The molecule has 1 aromatic heterocycles. The van der Waals surface area contributed by atoms with Crippen LogP contribution in [0.3, 0.4) is 0 Å². The molecule has 1 nitrogen and oxygen atoms in total. The molecule has 2 rings (SSSR count). The van der Waals surface area contributed by atoms with Crippen LogP contribution in [0.2, 0.25) is 10.0 Å². The lowest BCUT2D eigenvalue weighted by atomic mass is 10.1. The maximum absolute atomic E-state index is 13.3. The van der Waals surface area contributed by atoms with E-state index in [9.17, 15) is 4.39 Å². The van der Waals surface area contributed by atoms with E-state index >= 15 is 0 Å². The number of rotatable bonds is 4. The molecule has 0 saturated heterocycles. The number of thiophene rings is 1. The Morgan fingerprint density at radius 2 is 2.00 bits per heavy atom. The summed E-state index contributed by atoms with van der Waals surface area (Å²) in [6.07, 6.45) is 0.924. The first-order chi connectivity index (χ1) is 8.61. The van der Waals surface area contributed by atoms with Crippen molar-refractivity contribution in [2.75, 3.05) is 5.32 Å². The molecule has 0 bridgehead atoms. The van der Waals surface area contributed by atoms with Crippen LogP contribution in [0.25, 0.3) is 0 Å². The Balaban J connectivity index is 2.23. The summed E-state index contributed by atoms with van der Waals surface area (Å²) in [6.45, 7) is 2.09. The summed E-state index contributed by atoms with van der Waals surface area (Å²) in [4.78, 5) is 1.23. The van der Waals surface area contributed by atoms with Crippen LogP contribution in [0.5, 0.6) is 0 Å². The van der Waals surface area contributed by atoms with Gasteiger partial charge in [0.05, 0.1) is 16.1 Å². The molecule has 0 spiro atoms. The Kier molecular flexibility index (Phi) is 4.49. The maximum atomic E-state index is 13.3. The molecule has 0 radical (unpaired) electrons. The van der Waals surface area contributed by atoms with E-state index in [0.717, 1.165) is 12.1 Å². The smallest absolute Gasteiger partial charge is 0.160 e. The average Bonchev–Trinajstić information content (AvgIpc) is 2.86. The summed E-state index contributed by atoms with van der Waals surface area (Å²) in [5.41, 5.74) is 0.728. The molecule has 96 valence electrons. The Bertz CT molecular complexity index is 505. The van der Waals surface area contributed by atoms with Crippen LogP contribution in [-0.2, 0) is 0 Å². The fourth-order valence-corrected chi connectivity index (χ4v) is 3.05. The van der Waals surface area contributed by atoms with Gasteiger partial charge in [-0.05, 0) is 30.0 Å². The van der Waals surface area contributed by atoms with E-state index in [4.69, 9.17) is 23.2 Å². The van der Waals surface area contributed by atoms with E-state index in [1.54, 1.807) is 23.5 Å². The topological polar surface area (TPSA) is 12.0 Å². The molecule has 0 aliphatic rings. The molecule has 1 N–H and O–H groups in total. The highest BCUT2D eigenvalue weighted by Gasteiger charge is 2.13. The van der Waals surface area contributed by atoms with Gasteiger partial charge in [0.1, 0.15) is 0 Å². The summed E-state index contributed by atoms with van der Waals surface area (Å²) in [5.74, 6) is -0.576. The summed E-state index contributed by atoms with van der Waals surface area (Å²) >= 11 is 13.2. The van der Waals surface area contributed by atoms with Gasteiger partial charge in [0.25, 0.3) is 0 Å². The molecule has 0 aliphatic heterocycles. The number of anilines is 1. The molecule has 2 aromatic rings. The van der Waals surface area contributed by atoms with Crippen molar-refractivity contribution in [1.82, 2.24) is 0 Å². The maximum Gasteiger partial charge on any atom is 0.160 e. The van der Waals surface area contributed by atoms with Crippen molar-refractivity contribution in [3.05, 3.63) is 50.4 Å². The van der Waals surface area contributed by atoms with Crippen molar-refractivity contribution in [2.24, 2.45) is 0 Å². The standard InChI is InChI=1S/C13H12Cl2FNS/c1-2-11(12-4-3-5-18-12)17-8-6-9(14)13(16)10(15)7-8/h3-7,11,17H,2H2,1H3. The SMILES string of the molecule is CCC(Nc1cc(Cl)c(F)c(Cl)c1)c1cccs1. The first-order valence-electron chi connectivity index (χ1n) is 5.56. The van der Waals surface area contributed by atoms with E-state index in [2.05, 4.69) is 18.3 Å². The van der Waals surface area contributed by atoms with E-state index in [0.29, 0.717) is 0 Å². The predicted molar refractivity (Wildman–Crippen MR) is 77.4 cm³/mol. The fourth-order valence-electron chi connectivity index (χ4n) is 1.70. The van der Waals surface area contributed by atoms with E-state index < -0.39 is 5.82 Å². The van der Waals surface area contributed by atoms with E-state index in [1.165, 1.54) is 4.88 Å². The van der Waals surface area contributed by atoms with Crippen LogP contribution in [0.15, 0.2) is 29.6 Å². The molecular weight excluding hydrogens is 292 g/mol. The quantitative estimate of drug-likeness (QED) is 0.708. The Morgan fingerprint density at radius 3 is 2.50 bits per heavy atom. The molecule has 0 amide bonds. The Hall–Kier alpha value is -0.770. The minimum Gasteiger partial charge on any atom is -0.377 e. The lowest BCUT2D eigenvalue weighted by Crippen LogP contribution is -2.08. The second kappa shape index (κ2) is 5.91. The Labute approximate surface area is 120 Å². The molecule has 1 heterocycles. The van der Waals surface area contributed by atoms with Crippen LogP contribution in [-0.4, -0.2) is 0 Å². The number of nitrogens with one attached hydrogen (secondary N) is 1. The molecule has 0 saturated carbocycles. The predicted octanol–water partition coefficient (Wildman–Crippen LogP) is 5.76. The van der Waals surface area contributed by atoms with Gasteiger partial charge in [-0.15, -0.1) is 11.3 Å². The normalized spacial score (nSPS) is 12.4. The lowest BCUT2D eigenvalue weighted by molar-refractivity contribution is 0.628. The third-order valence-electron chi connectivity index (χ3n) is 2.62. The molecule has 1 aromatic carbocycles. The molecule has 1 atom stereocenters. The zero-order valence-corrected chi connectivity index (χ0v) is 12.0. The lowest BCUT2D eigenvalue weighted by Gasteiger charge is -2.17. The molecule has 0 fully saturated rings. The molecule has 18 heavy (non-hydrogen) atoms. The Morgan fingerprint density at radius 1 is 1.33 bits per heavy atom. The third-order valence-corrected chi connectivity index (χ3v) is 4.16. The van der Waals surface area contributed by atoms with Gasteiger partial charge in [0.2, 0.25) is 0 Å². The number of hydrogen-bond donors (Lipinski definition) is 1. The van der Waals surface area contributed by atoms with Crippen LogP contribution in [0, 0.1) is 5.82 Å².